The van der Waals surface area contributed by atoms with Gasteiger partial charge in [-0.15, -0.1) is 11.8 Å². The van der Waals surface area contributed by atoms with Crippen molar-refractivity contribution in [2.24, 2.45) is 5.73 Å². The van der Waals surface area contributed by atoms with E-state index in [9.17, 15) is 0 Å². The van der Waals surface area contributed by atoms with Crippen LogP contribution in [0.3, 0.4) is 0 Å². The van der Waals surface area contributed by atoms with E-state index in [4.69, 9.17) is 5.73 Å². The Bertz CT molecular complexity index is 283. The first kappa shape index (κ1) is 10.3. The summed E-state index contributed by atoms with van der Waals surface area (Å²) in [6, 6.07) is 0. The normalized spacial score (nSPS) is 22.5. The van der Waals surface area contributed by atoms with E-state index in [1.54, 1.807) is 0 Å². The number of rotatable bonds is 3. The van der Waals surface area contributed by atoms with Crippen molar-refractivity contribution in [3.8, 4) is 0 Å². The summed E-state index contributed by atoms with van der Waals surface area (Å²) in [6.45, 7) is 0.626. The van der Waals surface area contributed by atoms with E-state index >= 15 is 0 Å². The van der Waals surface area contributed by atoms with Gasteiger partial charge >= 0.3 is 0 Å². The molecule has 1 fully saturated rings. The van der Waals surface area contributed by atoms with Crippen LogP contribution in [0, 0.1) is 0 Å². The molecule has 1 saturated heterocycles. The summed E-state index contributed by atoms with van der Waals surface area (Å²) < 4.78 is 0. The van der Waals surface area contributed by atoms with E-state index in [2.05, 4.69) is 15.2 Å². The van der Waals surface area contributed by atoms with Crippen molar-refractivity contribution in [1.82, 2.24) is 15.2 Å². The number of aromatic nitrogens is 3. The molecule has 0 saturated carbocycles. The Morgan fingerprint density at radius 1 is 1.50 bits per heavy atom. The van der Waals surface area contributed by atoms with Crippen molar-refractivity contribution in [2.75, 3.05) is 23.8 Å². The van der Waals surface area contributed by atoms with Gasteiger partial charge in [0.1, 0.15) is 5.82 Å². The molecule has 2 heterocycles. The predicted octanol–water partition coefficient (Wildman–Crippen LogP) is 0.827. The highest BCUT2D eigenvalue weighted by molar-refractivity contribution is 8.06. The van der Waals surface area contributed by atoms with Crippen molar-refractivity contribution < 1.29 is 0 Å². The fourth-order valence-corrected chi connectivity index (χ4v) is 3.94. The van der Waals surface area contributed by atoms with Crippen LogP contribution in [0.1, 0.15) is 16.9 Å². The van der Waals surface area contributed by atoms with E-state index in [0.717, 1.165) is 23.8 Å². The van der Waals surface area contributed by atoms with Crippen molar-refractivity contribution in [1.29, 1.82) is 0 Å². The molecule has 3 N–H and O–H groups in total. The Labute approximate surface area is 91.8 Å². The molecule has 0 aliphatic carbocycles. The molecule has 1 unspecified atom stereocenters. The third-order valence-corrected chi connectivity index (χ3v) is 4.79. The zero-order valence-corrected chi connectivity index (χ0v) is 9.53. The smallest absolute Gasteiger partial charge is 0.164 e. The average Bonchev–Trinajstić information content (AvgIpc) is 2.68. The molecule has 2 rings (SSSR count). The summed E-state index contributed by atoms with van der Waals surface area (Å²) in [6.07, 6.45) is 0.789. The van der Waals surface area contributed by atoms with Crippen molar-refractivity contribution in [3.63, 3.8) is 0 Å². The predicted molar refractivity (Wildman–Crippen MR) is 61.7 cm³/mol. The van der Waals surface area contributed by atoms with E-state index < -0.39 is 0 Å². The van der Waals surface area contributed by atoms with E-state index in [1.807, 2.05) is 23.5 Å². The van der Waals surface area contributed by atoms with Crippen molar-refractivity contribution >= 4 is 23.5 Å². The number of nitrogens with zero attached hydrogens (tertiary/aromatic N) is 2. The number of aromatic amines is 1. The third kappa shape index (κ3) is 2.43. The summed E-state index contributed by atoms with van der Waals surface area (Å²) >= 11 is 3.93. The zero-order valence-electron chi connectivity index (χ0n) is 7.90. The van der Waals surface area contributed by atoms with Crippen molar-refractivity contribution in [3.05, 3.63) is 11.6 Å². The molecule has 1 aromatic heterocycles. The summed E-state index contributed by atoms with van der Waals surface area (Å²) in [7, 11) is 0. The maximum atomic E-state index is 5.45. The Morgan fingerprint density at radius 3 is 3.14 bits per heavy atom. The molecule has 1 aliphatic rings. The van der Waals surface area contributed by atoms with Gasteiger partial charge in [0.25, 0.3) is 0 Å². The minimum absolute atomic E-state index is 0.469. The number of hydrogen-bond acceptors (Lipinski definition) is 5. The van der Waals surface area contributed by atoms with Gasteiger partial charge in [-0.05, 0) is 6.54 Å². The molecule has 1 aromatic rings. The van der Waals surface area contributed by atoms with Gasteiger partial charge in [0.2, 0.25) is 0 Å². The lowest BCUT2D eigenvalue weighted by Gasteiger charge is -2.17. The van der Waals surface area contributed by atoms with Gasteiger partial charge < -0.3 is 5.73 Å². The minimum atomic E-state index is 0.469. The zero-order chi connectivity index (χ0) is 9.80. The summed E-state index contributed by atoms with van der Waals surface area (Å²) in [4.78, 5) is 4.44. The molecular weight excluding hydrogens is 216 g/mol. The van der Waals surface area contributed by atoms with Crippen molar-refractivity contribution in [2.45, 2.75) is 11.7 Å². The van der Waals surface area contributed by atoms with Crippen LogP contribution in [0.15, 0.2) is 0 Å². The fourth-order valence-electron chi connectivity index (χ4n) is 1.34. The van der Waals surface area contributed by atoms with Gasteiger partial charge in [-0.2, -0.15) is 16.9 Å². The van der Waals surface area contributed by atoms with Crippen LogP contribution in [0.25, 0.3) is 0 Å². The molecule has 1 atom stereocenters. The van der Waals surface area contributed by atoms with Crippen LogP contribution >= 0.6 is 23.5 Å². The number of H-pyrrole nitrogens is 1. The largest absolute Gasteiger partial charge is 0.330 e. The van der Waals surface area contributed by atoms with Gasteiger partial charge in [0.15, 0.2) is 5.82 Å². The van der Waals surface area contributed by atoms with Gasteiger partial charge in [-0.1, -0.05) is 0 Å². The number of thioether (sulfide) groups is 2. The first-order chi connectivity index (χ1) is 6.90. The van der Waals surface area contributed by atoms with Gasteiger partial charge in [0, 0.05) is 23.7 Å². The molecule has 4 nitrogen and oxygen atoms in total. The van der Waals surface area contributed by atoms with Crippen LogP contribution in [0.5, 0.6) is 0 Å². The summed E-state index contributed by atoms with van der Waals surface area (Å²) in [5, 5.41) is 7.64. The second-order valence-electron chi connectivity index (χ2n) is 3.11. The lowest BCUT2D eigenvalue weighted by atomic mass is 10.4. The Hall–Kier alpha value is -0.200. The number of nitrogens with one attached hydrogen (secondary N) is 1. The number of nitrogens with two attached hydrogens (primary N) is 1. The van der Waals surface area contributed by atoms with E-state index in [-0.39, 0.29) is 0 Å². The molecule has 0 spiro atoms. The molecule has 14 heavy (non-hydrogen) atoms. The average molecular weight is 230 g/mol. The molecule has 0 bridgehead atoms. The maximum absolute atomic E-state index is 5.45. The monoisotopic (exact) mass is 230 g/mol. The minimum Gasteiger partial charge on any atom is -0.330 e. The maximum Gasteiger partial charge on any atom is 0.164 e. The lowest BCUT2D eigenvalue weighted by molar-refractivity contribution is 0.874. The quantitative estimate of drug-likeness (QED) is 0.805. The summed E-state index contributed by atoms with van der Waals surface area (Å²) in [5.41, 5.74) is 5.45. The molecule has 1 aliphatic heterocycles. The molecule has 6 heteroatoms. The molecule has 0 radical (unpaired) electrons. The standard InChI is InChI=1S/C8H14N4S2/c9-2-1-7-10-8(12-11-7)6-5-13-3-4-14-6/h6H,1-5,9H2,(H,10,11,12). The van der Waals surface area contributed by atoms with Crippen LogP contribution in [0.2, 0.25) is 0 Å². The van der Waals surface area contributed by atoms with Crippen LogP contribution in [-0.2, 0) is 6.42 Å². The first-order valence-electron chi connectivity index (χ1n) is 4.70. The molecule has 78 valence electrons. The highest BCUT2D eigenvalue weighted by Gasteiger charge is 2.20. The fraction of sp³-hybridized carbons (Fsp3) is 0.750. The summed E-state index contributed by atoms with van der Waals surface area (Å²) in [5.74, 6) is 5.45. The second-order valence-corrected chi connectivity index (χ2v) is 5.57. The van der Waals surface area contributed by atoms with Gasteiger partial charge in [0.05, 0.1) is 5.25 Å². The molecule has 0 amide bonds. The third-order valence-electron chi connectivity index (χ3n) is 2.03. The van der Waals surface area contributed by atoms with Crippen LogP contribution in [-0.4, -0.2) is 39.0 Å². The van der Waals surface area contributed by atoms with E-state index in [1.165, 1.54) is 11.5 Å². The van der Waals surface area contributed by atoms with Gasteiger partial charge in [-0.3, -0.25) is 5.10 Å². The Kier molecular flexibility index (Phi) is 3.72. The lowest BCUT2D eigenvalue weighted by Crippen LogP contribution is -2.08. The van der Waals surface area contributed by atoms with Gasteiger partial charge in [-0.25, -0.2) is 4.98 Å². The SMILES string of the molecule is NCCc1nc(C2CSCCS2)n[nH]1. The Morgan fingerprint density at radius 2 is 2.43 bits per heavy atom. The highest BCUT2D eigenvalue weighted by atomic mass is 32.2. The highest BCUT2D eigenvalue weighted by Crippen LogP contribution is 2.34. The topological polar surface area (TPSA) is 67.6 Å². The van der Waals surface area contributed by atoms with E-state index in [0.29, 0.717) is 11.8 Å². The van der Waals surface area contributed by atoms with Crippen LogP contribution < -0.4 is 5.73 Å². The van der Waals surface area contributed by atoms with Crippen LogP contribution in [0.4, 0.5) is 0 Å². The second kappa shape index (κ2) is 5.04. The first-order valence-corrected chi connectivity index (χ1v) is 6.91. The molecular formula is C8H14N4S2. The molecule has 0 aromatic carbocycles. The number of hydrogen-bond donors (Lipinski definition) is 2. The Balaban J connectivity index is 2.00.